The van der Waals surface area contributed by atoms with Gasteiger partial charge in [-0.3, -0.25) is 4.79 Å². The molecule has 0 radical (unpaired) electrons. The molecule has 0 atom stereocenters. The van der Waals surface area contributed by atoms with E-state index < -0.39 is 0 Å². The zero-order valence-corrected chi connectivity index (χ0v) is 11.3. The van der Waals surface area contributed by atoms with Crippen LogP contribution in [0.4, 0.5) is 5.69 Å². The van der Waals surface area contributed by atoms with Crippen molar-refractivity contribution in [1.29, 1.82) is 0 Å². The molecule has 1 N–H and O–H groups in total. The summed E-state index contributed by atoms with van der Waals surface area (Å²) >= 11 is 3.39. The third kappa shape index (κ3) is 2.22. The number of amides is 1. The van der Waals surface area contributed by atoms with Crippen LogP contribution >= 0.6 is 15.9 Å². The van der Waals surface area contributed by atoms with Gasteiger partial charge in [-0.2, -0.15) is 5.10 Å². The highest BCUT2D eigenvalue weighted by Gasteiger charge is 2.12. The van der Waals surface area contributed by atoms with Crippen LogP contribution in [0.2, 0.25) is 0 Å². The number of anilines is 1. The van der Waals surface area contributed by atoms with Crippen molar-refractivity contribution in [3.8, 4) is 0 Å². The topological polar surface area (TPSA) is 59.3 Å². The summed E-state index contributed by atoms with van der Waals surface area (Å²) in [6.45, 7) is 0. The summed E-state index contributed by atoms with van der Waals surface area (Å²) in [7, 11) is 0. The molecule has 3 rings (SSSR count). The summed E-state index contributed by atoms with van der Waals surface area (Å²) in [4.78, 5) is 16.4. The molecule has 6 heteroatoms. The SMILES string of the molecule is O=C(Nc1ccccc1Br)c1ccnc2ccnn12. The summed E-state index contributed by atoms with van der Waals surface area (Å²) in [5.41, 5.74) is 1.79. The van der Waals surface area contributed by atoms with Crippen molar-refractivity contribution in [2.45, 2.75) is 0 Å². The third-order valence-corrected chi connectivity index (χ3v) is 3.34. The highest BCUT2D eigenvalue weighted by molar-refractivity contribution is 9.10. The van der Waals surface area contributed by atoms with Crippen molar-refractivity contribution >= 4 is 33.2 Å². The standard InChI is InChI=1S/C13H9BrN4O/c14-9-3-1-2-4-10(9)17-13(19)11-5-7-15-12-6-8-16-18(11)12/h1-8H,(H,17,19). The van der Waals surface area contributed by atoms with Crippen LogP contribution in [-0.2, 0) is 0 Å². The van der Waals surface area contributed by atoms with E-state index in [0.29, 0.717) is 17.0 Å². The lowest BCUT2D eigenvalue weighted by Gasteiger charge is -2.08. The minimum Gasteiger partial charge on any atom is -0.320 e. The van der Waals surface area contributed by atoms with Gasteiger partial charge in [0.25, 0.3) is 5.91 Å². The number of carbonyl (C=O) groups excluding carboxylic acids is 1. The van der Waals surface area contributed by atoms with Gasteiger partial charge in [0.15, 0.2) is 5.65 Å². The van der Waals surface area contributed by atoms with Gasteiger partial charge in [-0.1, -0.05) is 12.1 Å². The number of hydrogen-bond acceptors (Lipinski definition) is 3. The Kier molecular flexibility index (Phi) is 3.00. The molecule has 5 nitrogen and oxygen atoms in total. The van der Waals surface area contributed by atoms with E-state index in [-0.39, 0.29) is 5.91 Å². The molecule has 1 aromatic carbocycles. The van der Waals surface area contributed by atoms with Gasteiger partial charge >= 0.3 is 0 Å². The van der Waals surface area contributed by atoms with E-state index in [1.54, 1.807) is 24.5 Å². The minimum atomic E-state index is -0.233. The Balaban J connectivity index is 1.97. The molecule has 0 fully saturated rings. The molecule has 0 saturated heterocycles. The molecule has 3 aromatic rings. The zero-order valence-electron chi connectivity index (χ0n) is 9.75. The number of carbonyl (C=O) groups is 1. The van der Waals surface area contributed by atoms with Crippen LogP contribution in [0.5, 0.6) is 0 Å². The van der Waals surface area contributed by atoms with Crippen LogP contribution in [0, 0.1) is 0 Å². The Morgan fingerprint density at radius 3 is 2.84 bits per heavy atom. The van der Waals surface area contributed by atoms with Crippen LogP contribution in [0.1, 0.15) is 10.5 Å². The van der Waals surface area contributed by atoms with Gasteiger partial charge in [-0.05, 0) is 34.1 Å². The molecule has 2 heterocycles. The molecular weight excluding hydrogens is 308 g/mol. The minimum absolute atomic E-state index is 0.233. The Labute approximate surface area is 117 Å². The number of aromatic nitrogens is 3. The summed E-state index contributed by atoms with van der Waals surface area (Å²) in [6, 6.07) is 10.8. The predicted molar refractivity (Wildman–Crippen MR) is 75.1 cm³/mol. The lowest BCUT2D eigenvalue weighted by molar-refractivity contribution is 0.102. The second-order valence-electron chi connectivity index (χ2n) is 3.87. The molecule has 94 valence electrons. The molecule has 0 aliphatic rings. The maximum atomic E-state index is 12.3. The average Bonchev–Trinajstić information content (AvgIpc) is 2.89. The second-order valence-corrected chi connectivity index (χ2v) is 4.72. The normalized spacial score (nSPS) is 10.6. The quantitative estimate of drug-likeness (QED) is 0.790. The number of nitrogens with zero attached hydrogens (tertiary/aromatic N) is 3. The lowest BCUT2D eigenvalue weighted by atomic mass is 10.3. The van der Waals surface area contributed by atoms with E-state index in [4.69, 9.17) is 0 Å². The van der Waals surface area contributed by atoms with Gasteiger partial charge in [0.05, 0.1) is 11.9 Å². The second kappa shape index (κ2) is 4.81. The van der Waals surface area contributed by atoms with Crippen LogP contribution in [-0.4, -0.2) is 20.5 Å². The van der Waals surface area contributed by atoms with Crippen molar-refractivity contribution in [2.75, 3.05) is 5.32 Å². The van der Waals surface area contributed by atoms with Crippen molar-refractivity contribution in [3.05, 3.63) is 59.0 Å². The van der Waals surface area contributed by atoms with Gasteiger partial charge in [-0.15, -0.1) is 0 Å². The fourth-order valence-corrected chi connectivity index (χ4v) is 2.14. The Morgan fingerprint density at radius 2 is 2.00 bits per heavy atom. The van der Waals surface area contributed by atoms with Gasteiger partial charge in [0.2, 0.25) is 0 Å². The Bertz CT molecular complexity index is 753. The van der Waals surface area contributed by atoms with Gasteiger partial charge in [0, 0.05) is 16.7 Å². The van der Waals surface area contributed by atoms with E-state index in [0.717, 1.165) is 4.47 Å². The maximum Gasteiger partial charge on any atom is 0.274 e. The molecule has 1 amide bonds. The van der Waals surface area contributed by atoms with E-state index in [9.17, 15) is 4.79 Å². The number of fused-ring (bicyclic) bond motifs is 1. The fourth-order valence-electron chi connectivity index (χ4n) is 1.76. The van der Waals surface area contributed by atoms with Crippen molar-refractivity contribution in [1.82, 2.24) is 14.6 Å². The predicted octanol–water partition coefficient (Wildman–Crippen LogP) is 2.74. The number of para-hydroxylation sites is 1. The first-order valence-corrected chi connectivity index (χ1v) is 6.39. The molecule has 0 bridgehead atoms. The molecule has 0 unspecified atom stereocenters. The number of benzene rings is 1. The molecule has 0 aliphatic heterocycles. The zero-order chi connectivity index (χ0) is 13.2. The molecule has 0 aliphatic carbocycles. The smallest absolute Gasteiger partial charge is 0.274 e. The van der Waals surface area contributed by atoms with Crippen LogP contribution < -0.4 is 5.32 Å². The van der Waals surface area contributed by atoms with E-state index >= 15 is 0 Å². The van der Waals surface area contributed by atoms with Gasteiger partial charge in [-0.25, -0.2) is 9.50 Å². The van der Waals surface area contributed by atoms with E-state index in [1.807, 2.05) is 24.3 Å². The highest BCUT2D eigenvalue weighted by Crippen LogP contribution is 2.21. The summed E-state index contributed by atoms with van der Waals surface area (Å²) in [6.07, 6.45) is 3.20. The monoisotopic (exact) mass is 316 g/mol. The summed E-state index contributed by atoms with van der Waals surface area (Å²) in [5, 5.41) is 6.92. The fraction of sp³-hybridized carbons (Fsp3) is 0. The summed E-state index contributed by atoms with van der Waals surface area (Å²) < 4.78 is 2.33. The van der Waals surface area contributed by atoms with Crippen molar-refractivity contribution < 1.29 is 4.79 Å². The van der Waals surface area contributed by atoms with Crippen molar-refractivity contribution in [3.63, 3.8) is 0 Å². The first-order chi connectivity index (χ1) is 9.25. The number of halogens is 1. The van der Waals surface area contributed by atoms with E-state index in [2.05, 4.69) is 31.3 Å². The summed E-state index contributed by atoms with van der Waals surface area (Å²) in [5.74, 6) is -0.233. The molecule has 0 spiro atoms. The molecule has 0 saturated carbocycles. The highest BCUT2D eigenvalue weighted by atomic mass is 79.9. The van der Waals surface area contributed by atoms with Crippen LogP contribution in [0.25, 0.3) is 5.65 Å². The maximum absolute atomic E-state index is 12.3. The largest absolute Gasteiger partial charge is 0.320 e. The third-order valence-electron chi connectivity index (χ3n) is 2.64. The Morgan fingerprint density at radius 1 is 1.16 bits per heavy atom. The number of rotatable bonds is 2. The lowest BCUT2D eigenvalue weighted by Crippen LogP contribution is -2.16. The van der Waals surface area contributed by atoms with Crippen LogP contribution in [0.15, 0.2) is 53.3 Å². The van der Waals surface area contributed by atoms with Gasteiger partial charge < -0.3 is 5.32 Å². The van der Waals surface area contributed by atoms with Gasteiger partial charge in [0.1, 0.15) is 5.69 Å². The molecule has 19 heavy (non-hydrogen) atoms. The average molecular weight is 317 g/mol. The Hall–Kier alpha value is -2.21. The first kappa shape index (κ1) is 11.9. The first-order valence-electron chi connectivity index (χ1n) is 5.60. The van der Waals surface area contributed by atoms with Crippen LogP contribution in [0.3, 0.4) is 0 Å². The van der Waals surface area contributed by atoms with E-state index in [1.165, 1.54) is 4.52 Å². The molecular formula is C13H9BrN4O. The number of nitrogens with one attached hydrogen (secondary N) is 1. The molecule has 2 aromatic heterocycles. The van der Waals surface area contributed by atoms with Crippen molar-refractivity contribution in [2.24, 2.45) is 0 Å². The number of hydrogen-bond donors (Lipinski definition) is 1.